The molecule has 1 saturated heterocycles. The summed E-state index contributed by atoms with van der Waals surface area (Å²) in [6.45, 7) is 0.776. The van der Waals surface area contributed by atoms with Gasteiger partial charge in [0.1, 0.15) is 0 Å². The van der Waals surface area contributed by atoms with E-state index in [1.54, 1.807) is 18.5 Å². The maximum Gasteiger partial charge on any atom is 0.401 e. The Morgan fingerprint density at radius 3 is 2.95 bits per heavy atom. The average Bonchev–Trinajstić information content (AvgIpc) is 2.73. The van der Waals surface area contributed by atoms with E-state index >= 15 is 0 Å². The first kappa shape index (κ1) is 13.9. The van der Waals surface area contributed by atoms with Gasteiger partial charge >= 0.3 is 6.18 Å². The number of aromatic nitrogens is 1. The predicted molar refractivity (Wildman–Crippen MR) is 67.7 cm³/mol. The zero-order valence-corrected chi connectivity index (χ0v) is 10.5. The molecule has 2 rings (SSSR count). The van der Waals surface area contributed by atoms with Crippen molar-refractivity contribution in [2.75, 3.05) is 37.2 Å². The molecule has 1 aromatic rings. The number of alkyl halides is 3. The molecular weight excluding hydrogens is 257 g/mol. The van der Waals surface area contributed by atoms with Crippen molar-refractivity contribution in [3.05, 3.63) is 18.5 Å². The van der Waals surface area contributed by atoms with Crippen LogP contribution in [0.3, 0.4) is 0 Å². The minimum atomic E-state index is -4.11. The van der Waals surface area contributed by atoms with Crippen LogP contribution in [0.25, 0.3) is 0 Å². The van der Waals surface area contributed by atoms with Gasteiger partial charge in [0.05, 0.1) is 24.1 Å². The van der Waals surface area contributed by atoms with E-state index in [0.29, 0.717) is 25.3 Å². The molecule has 0 radical (unpaired) electrons. The summed E-state index contributed by atoms with van der Waals surface area (Å²) < 4.78 is 36.8. The van der Waals surface area contributed by atoms with Crippen molar-refractivity contribution in [1.82, 2.24) is 9.88 Å². The highest BCUT2D eigenvalue weighted by molar-refractivity contribution is 5.64. The van der Waals surface area contributed by atoms with E-state index in [4.69, 9.17) is 5.73 Å². The van der Waals surface area contributed by atoms with Crippen molar-refractivity contribution < 1.29 is 13.2 Å². The number of nitrogens with zero attached hydrogens (tertiary/aromatic N) is 2. The zero-order valence-electron chi connectivity index (χ0n) is 10.5. The Labute approximate surface area is 109 Å². The zero-order chi connectivity index (χ0) is 13.9. The predicted octanol–water partition coefficient (Wildman–Crippen LogP) is 1.96. The van der Waals surface area contributed by atoms with Crippen molar-refractivity contribution in [2.24, 2.45) is 5.92 Å². The van der Waals surface area contributed by atoms with Crippen LogP contribution in [0.4, 0.5) is 24.5 Å². The lowest BCUT2D eigenvalue weighted by molar-refractivity contribution is -0.143. The highest BCUT2D eigenvalue weighted by atomic mass is 19.4. The van der Waals surface area contributed by atoms with Gasteiger partial charge in [0.25, 0.3) is 0 Å². The molecule has 1 aromatic heterocycles. The van der Waals surface area contributed by atoms with Crippen molar-refractivity contribution in [3.63, 3.8) is 0 Å². The summed E-state index contributed by atoms with van der Waals surface area (Å²) in [5, 5.41) is 3.17. The number of anilines is 2. The molecule has 2 heterocycles. The fraction of sp³-hybridized carbons (Fsp3) is 0.583. The Kier molecular flexibility index (Phi) is 4.14. The third kappa shape index (κ3) is 4.27. The number of pyridine rings is 1. The van der Waals surface area contributed by atoms with Crippen LogP contribution >= 0.6 is 0 Å². The topological polar surface area (TPSA) is 54.2 Å². The van der Waals surface area contributed by atoms with Gasteiger partial charge < -0.3 is 11.1 Å². The van der Waals surface area contributed by atoms with Crippen molar-refractivity contribution in [3.8, 4) is 0 Å². The van der Waals surface area contributed by atoms with Gasteiger partial charge in [-0.3, -0.25) is 9.88 Å². The number of halogens is 3. The Morgan fingerprint density at radius 1 is 1.47 bits per heavy atom. The Bertz CT molecular complexity index is 422. The molecule has 0 spiro atoms. The molecule has 0 saturated carbocycles. The number of hydrogen-bond donors (Lipinski definition) is 2. The normalized spacial score (nSPS) is 20.7. The second-order valence-corrected chi connectivity index (χ2v) is 4.85. The molecule has 1 unspecified atom stereocenters. The third-order valence-electron chi connectivity index (χ3n) is 3.21. The largest absolute Gasteiger partial charge is 0.401 e. The highest BCUT2D eigenvalue weighted by Crippen LogP contribution is 2.23. The summed E-state index contributed by atoms with van der Waals surface area (Å²) in [6.07, 6.45) is -0.165. The molecule has 7 heteroatoms. The number of rotatable bonds is 4. The van der Waals surface area contributed by atoms with Crippen LogP contribution in [0, 0.1) is 5.92 Å². The minimum absolute atomic E-state index is 0.218. The SMILES string of the molecule is Nc1cnccc1NCC1CCN(CC(F)(F)F)C1. The van der Waals surface area contributed by atoms with Gasteiger partial charge in [-0.1, -0.05) is 0 Å². The van der Waals surface area contributed by atoms with Gasteiger partial charge in [-0.15, -0.1) is 0 Å². The summed E-state index contributed by atoms with van der Waals surface area (Å²) >= 11 is 0. The van der Waals surface area contributed by atoms with E-state index in [0.717, 1.165) is 12.1 Å². The van der Waals surface area contributed by atoms with Gasteiger partial charge in [-0.2, -0.15) is 13.2 Å². The monoisotopic (exact) mass is 274 g/mol. The van der Waals surface area contributed by atoms with Gasteiger partial charge in [0, 0.05) is 19.3 Å². The van der Waals surface area contributed by atoms with Gasteiger partial charge in [-0.25, -0.2) is 0 Å². The number of nitrogen functional groups attached to an aromatic ring is 1. The lowest BCUT2D eigenvalue weighted by Crippen LogP contribution is -2.33. The molecule has 3 N–H and O–H groups in total. The molecular formula is C12H17F3N4. The van der Waals surface area contributed by atoms with Crippen LogP contribution in [-0.2, 0) is 0 Å². The molecule has 1 aliphatic rings. The Morgan fingerprint density at radius 2 is 2.26 bits per heavy atom. The molecule has 1 atom stereocenters. The number of hydrogen-bond acceptors (Lipinski definition) is 4. The van der Waals surface area contributed by atoms with Crippen molar-refractivity contribution >= 4 is 11.4 Å². The molecule has 0 amide bonds. The van der Waals surface area contributed by atoms with Gasteiger partial charge in [-0.05, 0) is 24.9 Å². The fourth-order valence-corrected chi connectivity index (χ4v) is 2.30. The van der Waals surface area contributed by atoms with Crippen LogP contribution in [0.15, 0.2) is 18.5 Å². The number of nitrogens with one attached hydrogen (secondary N) is 1. The smallest absolute Gasteiger partial charge is 0.396 e. The summed E-state index contributed by atoms with van der Waals surface area (Å²) in [7, 11) is 0. The standard InChI is InChI=1S/C12H17F3N4/c13-12(14,15)8-19-4-2-9(7-19)5-18-11-1-3-17-6-10(11)16/h1,3,6,9H,2,4-5,7-8,16H2,(H,17,18). The third-order valence-corrected chi connectivity index (χ3v) is 3.21. The highest BCUT2D eigenvalue weighted by Gasteiger charge is 2.34. The van der Waals surface area contributed by atoms with Crippen molar-refractivity contribution in [1.29, 1.82) is 0 Å². The lowest BCUT2D eigenvalue weighted by atomic mass is 10.1. The summed E-state index contributed by atoms with van der Waals surface area (Å²) in [4.78, 5) is 5.33. The molecule has 106 valence electrons. The van der Waals surface area contributed by atoms with E-state index in [2.05, 4.69) is 10.3 Å². The lowest BCUT2D eigenvalue weighted by Gasteiger charge is -2.18. The molecule has 1 fully saturated rings. The second-order valence-electron chi connectivity index (χ2n) is 4.85. The van der Waals surface area contributed by atoms with E-state index < -0.39 is 12.7 Å². The van der Waals surface area contributed by atoms with Gasteiger partial charge in [0.15, 0.2) is 0 Å². The maximum absolute atomic E-state index is 12.3. The molecule has 0 aliphatic carbocycles. The molecule has 0 bridgehead atoms. The first-order valence-electron chi connectivity index (χ1n) is 6.16. The Balaban J connectivity index is 1.78. The van der Waals surface area contributed by atoms with Crippen molar-refractivity contribution in [2.45, 2.75) is 12.6 Å². The quantitative estimate of drug-likeness (QED) is 0.881. The van der Waals surface area contributed by atoms with Crippen LogP contribution in [-0.4, -0.2) is 42.2 Å². The number of likely N-dealkylation sites (tertiary alicyclic amines) is 1. The van der Waals surface area contributed by atoms with E-state index in [1.165, 1.54) is 4.90 Å². The minimum Gasteiger partial charge on any atom is -0.396 e. The first-order valence-corrected chi connectivity index (χ1v) is 6.16. The first-order chi connectivity index (χ1) is 8.94. The van der Waals surface area contributed by atoms with Gasteiger partial charge in [0.2, 0.25) is 0 Å². The van der Waals surface area contributed by atoms with E-state index in [-0.39, 0.29) is 5.92 Å². The maximum atomic E-state index is 12.3. The molecule has 4 nitrogen and oxygen atoms in total. The Hall–Kier alpha value is -1.50. The van der Waals surface area contributed by atoms with Crippen LogP contribution in [0.5, 0.6) is 0 Å². The fourth-order valence-electron chi connectivity index (χ4n) is 2.30. The molecule has 19 heavy (non-hydrogen) atoms. The molecule has 0 aromatic carbocycles. The van der Waals surface area contributed by atoms with Crippen LogP contribution in [0.1, 0.15) is 6.42 Å². The number of nitrogens with two attached hydrogens (primary N) is 1. The summed E-state index contributed by atoms with van der Waals surface area (Å²) in [6, 6.07) is 1.76. The average molecular weight is 274 g/mol. The molecule has 1 aliphatic heterocycles. The summed E-state index contributed by atoms with van der Waals surface area (Å²) in [5.41, 5.74) is 7.06. The van der Waals surface area contributed by atoms with E-state index in [1.807, 2.05) is 0 Å². The van der Waals surface area contributed by atoms with E-state index in [9.17, 15) is 13.2 Å². The van der Waals surface area contributed by atoms with Crippen LogP contribution in [0.2, 0.25) is 0 Å². The second kappa shape index (κ2) is 5.64. The van der Waals surface area contributed by atoms with Crippen LogP contribution < -0.4 is 11.1 Å². The summed E-state index contributed by atoms with van der Waals surface area (Å²) in [5.74, 6) is 0.218.